The van der Waals surface area contributed by atoms with Crippen LogP contribution in [0.25, 0.3) is 10.7 Å². The number of thiophene rings is 1. The van der Waals surface area contributed by atoms with Crippen molar-refractivity contribution in [2.45, 2.75) is 30.6 Å². The number of carbonyl (C=O) groups is 1. The Morgan fingerprint density at radius 3 is 2.97 bits per heavy atom. The number of nitrogens with zero attached hydrogens (tertiary/aromatic N) is 3. The highest BCUT2D eigenvalue weighted by Crippen LogP contribution is 2.30. The number of nitrogens with one attached hydrogen (secondary N) is 1. The molecule has 1 amide bonds. The van der Waals surface area contributed by atoms with Gasteiger partial charge in [0.2, 0.25) is 5.91 Å². The van der Waals surface area contributed by atoms with E-state index < -0.39 is 0 Å². The third-order valence-corrected chi connectivity index (χ3v) is 6.79. The predicted octanol–water partition coefficient (Wildman–Crippen LogP) is 5.22. The first-order valence-corrected chi connectivity index (χ1v) is 11.7. The van der Waals surface area contributed by atoms with Gasteiger partial charge in [0.05, 0.1) is 34.0 Å². The van der Waals surface area contributed by atoms with Crippen LogP contribution in [-0.2, 0) is 16.1 Å². The lowest BCUT2D eigenvalue weighted by molar-refractivity contribution is -0.113. The zero-order valence-corrected chi connectivity index (χ0v) is 18.5. The lowest BCUT2D eigenvalue weighted by Gasteiger charge is -2.14. The third-order valence-electron chi connectivity index (χ3n) is 4.41. The van der Waals surface area contributed by atoms with Gasteiger partial charge >= 0.3 is 0 Å². The number of benzene rings is 1. The van der Waals surface area contributed by atoms with Gasteiger partial charge in [-0.05, 0) is 42.5 Å². The summed E-state index contributed by atoms with van der Waals surface area (Å²) in [6.45, 7) is 1.46. The molecule has 1 N–H and O–H groups in total. The molecule has 3 heterocycles. The van der Waals surface area contributed by atoms with E-state index in [1.165, 1.54) is 11.8 Å². The van der Waals surface area contributed by atoms with Crippen LogP contribution >= 0.6 is 46.3 Å². The van der Waals surface area contributed by atoms with Crippen molar-refractivity contribution in [2.24, 2.45) is 0 Å². The molecule has 152 valence electrons. The second kappa shape index (κ2) is 9.49. The fourth-order valence-electron chi connectivity index (χ4n) is 3.05. The molecule has 1 fully saturated rings. The normalized spacial score (nSPS) is 16.3. The molecule has 10 heteroatoms. The van der Waals surface area contributed by atoms with Crippen molar-refractivity contribution in [1.82, 2.24) is 14.8 Å². The molecule has 1 unspecified atom stereocenters. The van der Waals surface area contributed by atoms with Crippen molar-refractivity contribution in [3.05, 3.63) is 45.8 Å². The molecule has 4 rings (SSSR count). The molecule has 0 aliphatic carbocycles. The van der Waals surface area contributed by atoms with Crippen molar-refractivity contribution in [2.75, 3.05) is 17.7 Å². The van der Waals surface area contributed by atoms with E-state index in [1.54, 1.807) is 29.5 Å². The summed E-state index contributed by atoms with van der Waals surface area (Å²) in [5, 5.41) is 15.1. The molecule has 0 radical (unpaired) electrons. The van der Waals surface area contributed by atoms with Crippen LogP contribution in [0.1, 0.15) is 12.8 Å². The molecule has 1 aliphatic rings. The number of hydrogen-bond acceptors (Lipinski definition) is 6. The Kier molecular flexibility index (Phi) is 6.77. The SMILES string of the molecule is O=C(CSc1nnc(-c2cccs2)n1CC1CCCO1)Nc1ccc(Cl)cc1Cl. The summed E-state index contributed by atoms with van der Waals surface area (Å²) >= 11 is 15.0. The maximum absolute atomic E-state index is 12.4. The van der Waals surface area contributed by atoms with Crippen LogP contribution in [-0.4, -0.2) is 39.1 Å². The van der Waals surface area contributed by atoms with Crippen molar-refractivity contribution in [3.63, 3.8) is 0 Å². The first-order chi connectivity index (χ1) is 14.1. The molecular formula is C19H18Cl2N4O2S2. The van der Waals surface area contributed by atoms with Crippen LogP contribution in [0.5, 0.6) is 0 Å². The molecule has 1 saturated heterocycles. The van der Waals surface area contributed by atoms with Crippen LogP contribution < -0.4 is 5.32 Å². The summed E-state index contributed by atoms with van der Waals surface area (Å²) in [5.74, 6) is 0.815. The minimum Gasteiger partial charge on any atom is -0.376 e. The molecule has 0 saturated carbocycles. The number of rotatable bonds is 7. The lowest BCUT2D eigenvalue weighted by atomic mass is 10.2. The average molecular weight is 469 g/mol. The summed E-state index contributed by atoms with van der Waals surface area (Å²) in [4.78, 5) is 13.5. The number of aromatic nitrogens is 3. The van der Waals surface area contributed by atoms with Crippen LogP contribution in [0.2, 0.25) is 10.0 Å². The number of hydrogen-bond donors (Lipinski definition) is 1. The Balaban J connectivity index is 1.46. The average Bonchev–Trinajstić information content (AvgIpc) is 3.45. The molecule has 0 bridgehead atoms. The summed E-state index contributed by atoms with van der Waals surface area (Å²) in [6.07, 6.45) is 2.22. The van der Waals surface area contributed by atoms with Crippen molar-refractivity contribution in [3.8, 4) is 10.7 Å². The van der Waals surface area contributed by atoms with E-state index in [-0.39, 0.29) is 17.8 Å². The first-order valence-electron chi connectivity index (χ1n) is 9.06. The van der Waals surface area contributed by atoms with Crippen LogP contribution in [0, 0.1) is 0 Å². The van der Waals surface area contributed by atoms with Gasteiger partial charge in [0.15, 0.2) is 11.0 Å². The summed E-state index contributed by atoms with van der Waals surface area (Å²) in [5.41, 5.74) is 0.529. The third kappa shape index (κ3) is 5.13. The number of ether oxygens (including phenoxy) is 1. The maximum Gasteiger partial charge on any atom is 0.234 e. The van der Waals surface area contributed by atoms with Gasteiger partial charge in [0.1, 0.15) is 0 Å². The zero-order valence-electron chi connectivity index (χ0n) is 15.3. The van der Waals surface area contributed by atoms with Crippen molar-refractivity contribution >= 4 is 57.9 Å². The minimum atomic E-state index is -0.177. The number of amides is 1. The van der Waals surface area contributed by atoms with Gasteiger partial charge in [0, 0.05) is 11.6 Å². The molecule has 1 atom stereocenters. The first kappa shape index (κ1) is 20.7. The fraction of sp³-hybridized carbons (Fsp3) is 0.316. The van der Waals surface area contributed by atoms with E-state index in [2.05, 4.69) is 20.1 Å². The fourth-order valence-corrected chi connectivity index (χ4v) is 4.97. The van der Waals surface area contributed by atoms with Crippen molar-refractivity contribution < 1.29 is 9.53 Å². The van der Waals surface area contributed by atoms with E-state index >= 15 is 0 Å². The second-order valence-electron chi connectivity index (χ2n) is 6.49. The Hall–Kier alpha value is -1.58. The van der Waals surface area contributed by atoms with Gasteiger partial charge in [-0.3, -0.25) is 9.36 Å². The largest absolute Gasteiger partial charge is 0.376 e. The topological polar surface area (TPSA) is 69.0 Å². The zero-order chi connectivity index (χ0) is 20.2. The van der Waals surface area contributed by atoms with E-state index in [0.29, 0.717) is 27.4 Å². The van der Waals surface area contributed by atoms with E-state index in [9.17, 15) is 4.79 Å². The van der Waals surface area contributed by atoms with Gasteiger partial charge in [0.25, 0.3) is 0 Å². The van der Waals surface area contributed by atoms with Gasteiger partial charge < -0.3 is 10.1 Å². The number of halogens is 2. The Bertz CT molecular complexity index is 988. The quantitative estimate of drug-likeness (QED) is 0.481. The lowest BCUT2D eigenvalue weighted by Crippen LogP contribution is -2.18. The monoisotopic (exact) mass is 468 g/mol. The molecule has 0 spiro atoms. The molecule has 1 aliphatic heterocycles. The molecule has 2 aromatic heterocycles. The molecular weight excluding hydrogens is 451 g/mol. The van der Waals surface area contributed by atoms with E-state index in [0.717, 1.165) is 30.2 Å². The highest BCUT2D eigenvalue weighted by atomic mass is 35.5. The Morgan fingerprint density at radius 2 is 2.24 bits per heavy atom. The maximum atomic E-state index is 12.4. The van der Waals surface area contributed by atoms with Gasteiger partial charge in [-0.25, -0.2) is 0 Å². The summed E-state index contributed by atoms with van der Waals surface area (Å²) < 4.78 is 7.84. The predicted molar refractivity (Wildman–Crippen MR) is 118 cm³/mol. The van der Waals surface area contributed by atoms with Crippen LogP contribution in [0.4, 0.5) is 5.69 Å². The summed E-state index contributed by atoms with van der Waals surface area (Å²) in [6, 6.07) is 8.97. The summed E-state index contributed by atoms with van der Waals surface area (Å²) in [7, 11) is 0. The highest BCUT2D eigenvalue weighted by molar-refractivity contribution is 7.99. The van der Waals surface area contributed by atoms with Gasteiger partial charge in [-0.15, -0.1) is 21.5 Å². The van der Waals surface area contributed by atoms with E-state index in [1.807, 2.05) is 17.5 Å². The molecule has 3 aromatic rings. The Labute approximate surface area is 186 Å². The number of anilines is 1. The Morgan fingerprint density at radius 1 is 1.34 bits per heavy atom. The number of thioether (sulfide) groups is 1. The molecule has 1 aromatic carbocycles. The van der Waals surface area contributed by atoms with Gasteiger partial charge in [-0.2, -0.15) is 0 Å². The van der Waals surface area contributed by atoms with Crippen molar-refractivity contribution in [1.29, 1.82) is 0 Å². The van der Waals surface area contributed by atoms with Gasteiger partial charge in [-0.1, -0.05) is 41.0 Å². The molecule has 29 heavy (non-hydrogen) atoms. The van der Waals surface area contributed by atoms with Crippen LogP contribution in [0.15, 0.2) is 40.9 Å². The molecule has 6 nitrogen and oxygen atoms in total. The number of carbonyl (C=O) groups excluding carboxylic acids is 1. The van der Waals surface area contributed by atoms with Crippen LogP contribution in [0.3, 0.4) is 0 Å². The second-order valence-corrected chi connectivity index (χ2v) is 9.22. The highest BCUT2D eigenvalue weighted by Gasteiger charge is 2.22. The smallest absolute Gasteiger partial charge is 0.234 e. The van der Waals surface area contributed by atoms with E-state index in [4.69, 9.17) is 27.9 Å². The standard InChI is InChI=1S/C19H18Cl2N4O2S2/c20-12-5-6-15(14(21)9-12)22-17(26)11-29-19-24-23-18(16-4-2-8-28-16)25(19)10-13-3-1-7-27-13/h2,4-6,8-9,13H,1,3,7,10-11H2,(H,22,26). The minimum absolute atomic E-state index is 0.144.